The van der Waals surface area contributed by atoms with Crippen molar-refractivity contribution >= 4 is 21.6 Å². The van der Waals surface area contributed by atoms with Gasteiger partial charge in [0.1, 0.15) is 11.6 Å². The molecule has 0 aliphatic heterocycles. The third-order valence-electron chi connectivity index (χ3n) is 3.74. The van der Waals surface area contributed by atoms with Crippen LogP contribution in [0.1, 0.15) is 5.56 Å². The van der Waals surface area contributed by atoms with Gasteiger partial charge in [-0.3, -0.25) is 4.79 Å². The number of methoxy groups -OCH3 is 1. The summed E-state index contributed by atoms with van der Waals surface area (Å²) in [5.41, 5.74) is 1.25. The van der Waals surface area contributed by atoms with Crippen LogP contribution in [-0.4, -0.2) is 45.1 Å². The molecule has 2 aromatic rings. The molecule has 8 heteroatoms. The minimum Gasteiger partial charge on any atom is -0.496 e. The zero-order chi connectivity index (χ0) is 19.2. The number of halogens is 1. The molecule has 0 bridgehead atoms. The number of nitrogens with one attached hydrogen (secondary N) is 1. The van der Waals surface area contributed by atoms with E-state index in [9.17, 15) is 17.6 Å². The van der Waals surface area contributed by atoms with Gasteiger partial charge in [0.25, 0.3) is 0 Å². The Bertz CT molecular complexity index is 854. The lowest BCUT2D eigenvalue weighted by Gasteiger charge is -2.20. The smallest absolute Gasteiger partial charge is 0.239 e. The summed E-state index contributed by atoms with van der Waals surface area (Å²) in [6.07, 6.45) is 1.46. The van der Waals surface area contributed by atoms with E-state index in [2.05, 4.69) is 5.32 Å². The summed E-state index contributed by atoms with van der Waals surface area (Å²) in [6, 6.07) is 12.5. The van der Waals surface area contributed by atoms with Gasteiger partial charge in [0.15, 0.2) is 0 Å². The first-order chi connectivity index (χ1) is 12.3. The second-order valence-electron chi connectivity index (χ2n) is 5.71. The molecule has 2 rings (SSSR count). The number of anilines is 1. The monoisotopic (exact) mass is 380 g/mol. The molecule has 0 saturated heterocycles. The maximum atomic E-state index is 12.9. The minimum atomic E-state index is -3.58. The largest absolute Gasteiger partial charge is 0.496 e. The van der Waals surface area contributed by atoms with Gasteiger partial charge in [-0.2, -0.15) is 4.31 Å². The average Bonchev–Trinajstić information content (AvgIpc) is 2.60. The number of sulfonamides is 1. The molecule has 140 valence electrons. The molecule has 1 N–H and O–H groups in total. The molecule has 0 unspecified atom stereocenters. The van der Waals surface area contributed by atoms with Crippen LogP contribution in [0.25, 0.3) is 0 Å². The van der Waals surface area contributed by atoms with E-state index in [1.165, 1.54) is 24.3 Å². The number of carbonyl (C=O) groups is 1. The molecule has 0 radical (unpaired) electrons. The zero-order valence-electron chi connectivity index (χ0n) is 14.6. The van der Waals surface area contributed by atoms with E-state index in [4.69, 9.17) is 4.74 Å². The molecule has 1 amide bonds. The Morgan fingerprint density at radius 2 is 1.81 bits per heavy atom. The van der Waals surface area contributed by atoms with Gasteiger partial charge in [-0.15, -0.1) is 0 Å². The second kappa shape index (κ2) is 8.77. The molecule has 0 saturated carbocycles. The molecule has 0 atom stereocenters. The van der Waals surface area contributed by atoms with E-state index < -0.39 is 21.7 Å². The Labute approximate surface area is 152 Å². The van der Waals surface area contributed by atoms with Crippen molar-refractivity contribution < 1.29 is 22.3 Å². The van der Waals surface area contributed by atoms with Crippen LogP contribution in [0.5, 0.6) is 5.75 Å². The van der Waals surface area contributed by atoms with Crippen molar-refractivity contribution in [3.05, 3.63) is 59.9 Å². The molecular formula is C18H21FN2O4S. The third-order valence-corrected chi connectivity index (χ3v) is 4.99. The molecule has 0 spiro atoms. The van der Waals surface area contributed by atoms with Crippen LogP contribution in [-0.2, 0) is 21.2 Å². The maximum Gasteiger partial charge on any atom is 0.239 e. The standard InChI is InChI=1S/C18H21FN2O4S/c1-25-17-6-4-3-5-14(17)11-12-21(26(2,23)24)13-18(22)20-16-9-7-15(19)8-10-16/h3-10H,11-13H2,1-2H3,(H,20,22). The number of para-hydroxylation sites is 1. The highest BCUT2D eigenvalue weighted by Crippen LogP contribution is 2.18. The number of ether oxygens (including phenoxy) is 1. The summed E-state index contributed by atoms with van der Waals surface area (Å²) in [7, 11) is -2.03. The number of nitrogens with zero attached hydrogens (tertiary/aromatic N) is 1. The van der Waals surface area contributed by atoms with Crippen LogP contribution >= 0.6 is 0 Å². The number of benzene rings is 2. The van der Waals surface area contributed by atoms with Crippen molar-refractivity contribution in [2.24, 2.45) is 0 Å². The number of hydrogen-bond donors (Lipinski definition) is 1. The average molecular weight is 380 g/mol. The summed E-state index contributed by atoms with van der Waals surface area (Å²) in [5.74, 6) is -0.253. The first-order valence-corrected chi connectivity index (χ1v) is 9.77. The van der Waals surface area contributed by atoms with Crippen LogP contribution in [0, 0.1) is 5.82 Å². The van der Waals surface area contributed by atoms with Crippen LogP contribution < -0.4 is 10.1 Å². The molecule has 0 aromatic heterocycles. The van der Waals surface area contributed by atoms with Gasteiger partial charge >= 0.3 is 0 Å². The second-order valence-corrected chi connectivity index (χ2v) is 7.70. The molecule has 0 aliphatic carbocycles. The van der Waals surface area contributed by atoms with Crippen molar-refractivity contribution in [2.75, 3.05) is 31.8 Å². The molecule has 0 heterocycles. The Balaban J connectivity index is 2.03. The van der Waals surface area contributed by atoms with Crippen molar-refractivity contribution in [3.8, 4) is 5.75 Å². The van der Waals surface area contributed by atoms with E-state index in [0.29, 0.717) is 17.9 Å². The molecule has 26 heavy (non-hydrogen) atoms. The highest BCUT2D eigenvalue weighted by molar-refractivity contribution is 7.88. The normalized spacial score (nSPS) is 11.4. The van der Waals surface area contributed by atoms with Gasteiger partial charge in [-0.25, -0.2) is 12.8 Å². The van der Waals surface area contributed by atoms with Crippen molar-refractivity contribution in [3.63, 3.8) is 0 Å². The summed E-state index contributed by atoms with van der Waals surface area (Å²) in [6.45, 7) is -0.193. The molecule has 0 fully saturated rings. The van der Waals surface area contributed by atoms with Crippen LogP contribution in [0.2, 0.25) is 0 Å². The van der Waals surface area contributed by atoms with Crippen molar-refractivity contribution in [2.45, 2.75) is 6.42 Å². The van der Waals surface area contributed by atoms with Crippen LogP contribution in [0.3, 0.4) is 0 Å². The van der Waals surface area contributed by atoms with E-state index in [1.54, 1.807) is 13.2 Å². The Morgan fingerprint density at radius 3 is 2.42 bits per heavy atom. The van der Waals surface area contributed by atoms with Gasteiger partial charge in [-0.05, 0) is 42.3 Å². The predicted molar refractivity (Wildman–Crippen MR) is 98.1 cm³/mol. The highest BCUT2D eigenvalue weighted by atomic mass is 32.2. The predicted octanol–water partition coefficient (Wildman–Crippen LogP) is 2.28. The fourth-order valence-corrected chi connectivity index (χ4v) is 3.19. The summed E-state index contributed by atoms with van der Waals surface area (Å²) in [4.78, 5) is 12.2. The lowest BCUT2D eigenvalue weighted by atomic mass is 10.1. The van der Waals surface area contributed by atoms with Gasteiger partial charge in [0.2, 0.25) is 15.9 Å². The minimum absolute atomic E-state index is 0.135. The fraction of sp³-hybridized carbons (Fsp3) is 0.278. The quantitative estimate of drug-likeness (QED) is 0.762. The van der Waals surface area contributed by atoms with E-state index in [-0.39, 0.29) is 13.1 Å². The first-order valence-electron chi connectivity index (χ1n) is 7.92. The molecular weight excluding hydrogens is 359 g/mol. The van der Waals surface area contributed by atoms with Gasteiger partial charge in [-0.1, -0.05) is 18.2 Å². The van der Waals surface area contributed by atoms with E-state index in [1.807, 2.05) is 18.2 Å². The lowest BCUT2D eigenvalue weighted by Crippen LogP contribution is -2.38. The number of hydrogen-bond acceptors (Lipinski definition) is 4. The first kappa shape index (κ1) is 19.9. The summed E-state index contributed by atoms with van der Waals surface area (Å²) < 4.78 is 43.3. The summed E-state index contributed by atoms with van der Waals surface area (Å²) in [5, 5.41) is 2.56. The number of rotatable bonds is 8. The third kappa shape index (κ3) is 5.82. The van der Waals surface area contributed by atoms with Crippen molar-refractivity contribution in [1.29, 1.82) is 0 Å². The van der Waals surface area contributed by atoms with Crippen LogP contribution in [0.4, 0.5) is 10.1 Å². The molecule has 2 aromatic carbocycles. The van der Waals surface area contributed by atoms with Gasteiger partial charge < -0.3 is 10.1 Å². The Kier molecular flexibility index (Phi) is 6.70. The van der Waals surface area contributed by atoms with E-state index in [0.717, 1.165) is 16.1 Å². The number of carbonyl (C=O) groups excluding carboxylic acids is 1. The SMILES string of the molecule is COc1ccccc1CCN(CC(=O)Nc1ccc(F)cc1)S(C)(=O)=O. The fourth-order valence-electron chi connectivity index (χ4n) is 2.41. The molecule has 6 nitrogen and oxygen atoms in total. The molecule has 0 aliphatic rings. The van der Waals surface area contributed by atoms with Crippen molar-refractivity contribution in [1.82, 2.24) is 4.31 Å². The van der Waals surface area contributed by atoms with Gasteiger partial charge in [0.05, 0.1) is 19.9 Å². The Morgan fingerprint density at radius 1 is 1.15 bits per heavy atom. The van der Waals surface area contributed by atoms with Gasteiger partial charge in [0, 0.05) is 12.2 Å². The topological polar surface area (TPSA) is 75.7 Å². The zero-order valence-corrected chi connectivity index (χ0v) is 15.4. The highest BCUT2D eigenvalue weighted by Gasteiger charge is 2.20. The van der Waals surface area contributed by atoms with Crippen LogP contribution in [0.15, 0.2) is 48.5 Å². The summed E-state index contributed by atoms with van der Waals surface area (Å²) >= 11 is 0. The maximum absolute atomic E-state index is 12.9. The van der Waals surface area contributed by atoms with E-state index >= 15 is 0 Å². The lowest BCUT2D eigenvalue weighted by molar-refractivity contribution is -0.116. The Hall–Kier alpha value is -2.45. The number of amides is 1.